The van der Waals surface area contributed by atoms with E-state index in [1.807, 2.05) is 6.92 Å². The molecule has 0 bridgehead atoms. The summed E-state index contributed by atoms with van der Waals surface area (Å²) in [6.45, 7) is 2.84. The maximum atomic E-state index is 12.3. The number of ether oxygens (including phenoxy) is 1. The van der Waals surface area contributed by atoms with Gasteiger partial charge in [0.2, 0.25) is 5.88 Å². The van der Waals surface area contributed by atoms with Crippen molar-refractivity contribution in [3.63, 3.8) is 0 Å². The van der Waals surface area contributed by atoms with E-state index in [0.29, 0.717) is 23.2 Å². The Morgan fingerprint density at radius 1 is 1.26 bits per heavy atom. The van der Waals surface area contributed by atoms with E-state index < -0.39 is 13.0 Å². The zero-order chi connectivity index (χ0) is 19.8. The molecule has 1 N–H and O–H groups in total. The van der Waals surface area contributed by atoms with Crippen molar-refractivity contribution in [2.24, 2.45) is 0 Å². The first kappa shape index (κ1) is 20.4. The lowest BCUT2D eigenvalue weighted by Gasteiger charge is -2.11. The summed E-state index contributed by atoms with van der Waals surface area (Å²) < 4.78 is 29.6. The number of rotatable bonds is 9. The van der Waals surface area contributed by atoms with Gasteiger partial charge in [-0.15, -0.1) is 0 Å². The van der Waals surface area contributed by atoms with Crippen LogP contribution in [0.3, 0.4) is 0 Å². The average Bonchev–Trinajstić information content (AvgIpc) is 2.64. The fourth-order valence-corrected chi connectivity index (χ4v) is 2.42. The van der Waals surface area contributed by atoms with Crippen LogP contribution in [-0.2, 0) is 24.2 Å². The van der Waals surface area contributed by atoms with Crippen LogP contribution in [-0.4, -0.2) is 34.7 Å². The summed E-state index contributed by atoms with van der Waals surface area (Å²) in [5.74, 6) is -0.165. The summed E-state index contributed by atoms with van der Waals surface area (Å²) in [7, 11) is 0. The molecule has 1 amide bonds. The minimum atomic E-state index is -2.57. The third-order valence-electron chi connectivity index (χ3n) is 3.67. The van der Waals surface area contributed by atoms with Gasteiger partial charge in [0, 0.05) is 42.2 Å². The van der Waals surface area contributed by atoms with Crippen LogP contribution < -0.4 is 10.1 Å². The lowest BCUT2D eigenvalue weighted by atomic mass is 10.1. The third kappa shape index (κ3) is 6.40. The van der Waals surface area contributed by atoms with E-state index in [1.54, 1.807) is 18.2 Å². The summed E-state index contributed by atoms with van der Waals surface area (Å²) in [4.78, 5) is 31.6. The topological polar surface area (TPSA) is 81.2 Å². The van der Waals surface area contributed by atoms with Crippen molar-refractivity contribution in [2.75, 3.05) is 6.61 Å². The largest absolute Gasteiger partial charge is 0.471 e. The number of amides is 1. The second kappa shape index (κ2) is 9.70. The van der Waals surface area contributed by atoms with Gasteiger partial charge in [-0.2, -0.15) is 0 Å². The molecule has 27 heavy (non-hydrogen) atoms. The third-order valence-corrected chi connectivity index (χ3v) is 3.67. The molecule has 0 aromatic carbocycles. The number of ketones is 1. The Morgan fingerprint density at radius 3 is 2.70 bits per heavy atom. The predicted octanol–water partition coefficient (Wildman–Crippen LogP) is 2.74. The SMILES string of the molecule is CCc1cc(CNC(=O)c2ccnc(CC(C)=O)c2)cnc1OCC(F)F. The predicted molar refractivity (Wildman–Crippen MR) is 94.9 cm³/mol. The number of nitrogens with zero attached hydrogens (tertiary/aromatic N) is 2. The molecular formula is C19H21F2N3O3. The smallest absolute Gasteiger partial charge is 0.272 e. The second-order valence-electron chi connectivity index (χ2n) is 5.96. The number of halogens is 2. The fraction of sp³-hybridized carbons (Fsp3) is 0.368. The molecule has 2 rings (SSSR count). The van der Waals surface area contributed by atoms with Crippen molar-refractivity contribution in [1.82, 2.24) is 15.3 Å². The molecule has 0 unspecified atom stereocenters. The van der Waals surface area contributed by atoms with Crippen LogP contribution >= 0.6 is 0 Å². The number of pyridine rings is 2. The first-order valence-electron chi connectivity index (χ1n) is 8.50. The Balaban J connectivity index is 2.01. The number of alkyl halides is 2. The average molecular weight is 377 g/mol. The molecule has 2 aromatic rings. The van der Waals surface area contributed by atoms with E-state index in [2.05, 4.69) is 15.3 Å². The summed E-state index contributed by atoms with van der Waals surface area (Å²) in [6.07, 6.45) is 1.13. The Bertz CT molecular complexity index is 813. The molecule has 2 aromatic heterocycles. The zero-order valence-electron chi connectivity index (χ0n) is 15.2. The standard InChI is InChI=1S/C19H21F2N3O3/c1-3-14-7-13(10-24-19(14)27-11-17(20)21)9-23-18(26)15-4-5-22-16(8-15)6-12(2)25/h4-5,7-8,10,17H,3,6,9,11H2,1-2H3,(H,23,26). The van der Waals surface area contributed by atoms with E-state index >= 15 is 0 Å². The van der Waals surface area contributed by atoms with Crippen molar-refractivity contribution in [3.05, 3.63) is 53.0 Å². The molecular weight excluding hydrogens is 356 g/mol. The number of carbonyl (C=O) groups excluding carboxylic acids is 2. The molecule has 144 valence electrons. The van der Waals surface area contributed by atoms with E-state index in [-0.39, 0.29) is 30.5 Å². The molecule has 0 fully saturated rings. The first-order valence-corrected chi connectivity index (χ1v) is 8.50. The highest BCUT2D eigenvalue weighted by molar-refractivity contribution is 5.94. The number of hydrogen-bond acceptors (Lipinski definition) is 5. The minimum Gasteiger partial charge on any atom is -0.471 e. The van der Waals surface area contributed by atoms with E-state index in [1.165, 1.54) is 19.3 Å². The van der Waals surface area contributed by atoms with Gasteiger partial charge in [-0.1, -0.05) is 6.92 Å². The highest BCUT2D eigenvalue weighted by Gasteiger charge is 2.11. The highest BCUT2D eigenvalue weighted by atomic mass is 19.3. The number of aryl methyl sites for hydroxylation is 1. The van der Waals surface area contributed by atoms with Crippen LogP contribution in [0.25, 0.3) is 0 Å². The molecule has 0 spiro atoms. The van der Waals surface area contributed by atoms with Gasteiger partial charge in [0.25, 0.3) is 12.3 Å². The molecule has 2 heterocycles. The van der Waals surface area contributed by atoms with Crippen LogP contribution in [0, 0.1) is 0 Å². The Kier molecular flexibility index (Phi) is 7.34. The maximum absolute atomic E-state index is 12.3. The quantitative estimate of drug-likeness (QED) is 0.727. The first-order chi connectivity index (χ1) is 12.9. The van der Waals surface area contributed by atoms with Crippen LogP contribution in [0.15, 0.2) is 30.6 Å². The van der Waals surface area contributed by atoms with Gasteiger partial charge < -0.3 is 10.1 Å². The van der Waals surface area contributed by atoms with Crippen LogP contribution in [0.1, 0.15) is 41.0 Å². The van der Waals surface area contributed by atoms with Gasteiger partial charge in [-0.3, -0.25) is 14.6 Å². The second-order valence-corrected chi connectivity index (χ2v) is 5.96. The lowest BCUT2D eigenvalue weighted by Crippen LogP contribution is -2.23. The van der Waals surface area contributed by atoms with E-state index in [0.717, 1.165) is 5.56 Å². The van der Waals surface area contributed by atoms with Gasteiger partial charge in [-0.25, -0.2) is 13.8 Å². The molecule has 8 heteroatoms. The number of aromatic nitrogens is 2. The van der Waals surface area contributed by atoms with Crippen LogP contribution in [0.5, 0.6) is 5.88 Å². The Labute approximate surface area is 156 Å². The number of carbonyl (C=O) groups is 2. The monoisotopic (exact) mass is 377 g/mol. The molecule has 0 aliphatic carbocycles. The zero-order valence-corrected chi connectivity index (χ0v) is 15.2. The summed E-state index contributed by atoms with van der Waals surface area (Å²) >= 11 is 0. The Hall–Kier alpha value is -2.90. The van der Waals surface area contributed by atoms with E-state index in [9.17, 15) is 18.4 Å². The van der Waals surface area contributed by atoms with Gasteiger partial charge in [0.05, 0.1) is 0 Å². The molecule has 0 saturated heterocycles. The molecule has 6 nitrogen and oxygen atoms in total. The van der Waals surface area contributed by atoms with Crippen LogP contribution in [0.2, 0.25) is 0 Å². The molecule has 0 saturated carbocycles. The fourth-order valence-electron chi connectivity index (χ4n) is 2.42. The van der Waals surface area contributed by atoms with Gasteiger partial charge in [0.15, 0.2) is 6.61 Å². The lowest BCUT2D eigenvalue weighted by molar-refractivity contribution is -0.116. The summed E-state index contributed by atoms with van der Waals surface area (Å²) in [5, 5.41) is 2.76. The minimum absolute atomic E-state index is 0.0348. The number of hydrogen-bond donors (Lipinski definition) is 1. The van der Waals surface area contributed by atoms with Crippen LogP contribution in [0.4, 0.5) is 8.78 Å². The maximum Gasteiger partial charge on any atom is 0.272 e. The van der Waals surface area contributed by atoms with Gasteiger partial charge in [0.1, 0.15) is 5.78 Å². The summed E-state index contributed by atoms with van der Waals surface area (Å²) in [6, 6.07) is 4.91. The van der Waals surface area contributed by atoms with E-state index in [4.69, 9.17) is 4.74 Å². The summed E-state index contributed by atoms with van der Waals surface area (Å²) in [5.41, 5.74) is 2.35. The normalized spacial score (nSPS) is 10.7. The molecule has 0 aliphatic heterocycles. The van der Waals surface area contributed by atoms with Crippen molar-refractivity contribution in [1.29, 1.82) is 0 Å². The van der Waals surface area contributed by atoms with Gasteiger partial charge in [-0.05, 0) is 37.1 Å². The highest BCUT2D eigenvalue weighted by Crippen LogP contribution is 2.18. The number of Topliss-reactive ketones (excluding diaryl/α,β-unsaturated/α-hetero) is 1. The van der Waals surface area contributed by atoms with Crippen molar-refractivity contribution < 1.29 is 23.1 Å². The Morgan fingerprint density at radius 2 is 2.04 bits per heavy atom. The molecule has 0 radical (unpaired) electrons. The number of nitrogens with one attached hydrogen (secondary N) is 1. The van der Waals surface area contributed by atoms with Crippen molar-refractivity contribution in [2.45, 2.75) is 39.7 Å². The van der Waals surface area contributed by atoms with Crippen molar-refractivity contribution in [3.8, 4) is 5.88 Å². The molecule has 0 atom stereocenters. The van der Waals surface area contributed by atoms with Gasteiger partial charge >= 0.3 is 0 Å². The molecule has 0 aliphatic rings. The van der Waals surface area contributed by atoms with Crippen molar-refractivity contribution >= 4 is 11.7 Å².